The summed E-state index contributed by atoms with van der Waals surface area (Å²) in [5.41, 5.74) is 2.73. The molecular formula is C11H15N3O4. The number of nitrogens with zero attached hydrogens (tertiary/aromatic N) is 1. The number of benzene rings is 1. The summed E-state index contributed by atoms with van der Waals surface area (Å²) in [7, 11) is 0. The Hall–Kier alpha value is -2.12. The SMILES string of the molecule is CCOC(=O)N(O)Cc1ccccc1C(=O)NN. The first-order valence-electron chi connectivity index (χ1n) is 5.32. The molecule has 1 rings (SSSR count). The predicted octanol–water partition coefficient (Wildman–Crippen LogP) is 0.638. The van der Waals surface area contributed by atoms with E-state index in [-0.39, 0.29) is 18.7 Å². The summed E-state index contributed by atoms with van der Waals surface area (Å²) < 4.78 is 4.61. The van der Waals surface area contributed by atoms with E-state index >= 15 is 0 Å². The van der Waals surface area contributed by atoms with Crippen molar-refractivity contribution in [2.45, 2.75) is 13.5 Å². The lowest BCUT2D eigenvalue weighted by atomic mass is 10.1. The van der Waals surface area contributed by atoms with Crippen molar-refractivity contribution in [1.29, 1.82) is 0 Å². The van der Waals surface area contributed by atoms with Crippen molar-refractivity contribution in [1.82, 2.24) is 10.5 Å². The summed E-state index contributed by atoms with van der Waals surface area (Å²) in [6.45, 7) is 1.62. The summed E-state index contributed by atoms with van der Waals surface area (Å²) in [6, 6.07) is 6.48. The molecule has 0 unspecified atom stereocenters. The Morgan fingerprint density at radius 1 is 1.44 bits per heavy atom. The van der Waals surface area contributed by atoms with Gasteiger partial charge in [0.1, 0.15) is 0 Å². The monoisotopic (exact) mass is 253 g/mol. The normalized spacial score (nSPS) is 9.72. The molecule has 0 aliphatic heterocycles. The number of hydrazine groups is 1. The standard InChI is InChI=1S/C11H15N3O4/c1-2-18-11(16)14(17)7-8-5-3-4-6-9(8)10(15)13-12/h3-6,17H,2,7,12H2,1H3,(H,13,15). The number of hydrogen-bond donors (Lipinski definition) is 3. The first-order valence-corrected chi connectivity index (χ1v) is 5.32. The third-order valence-corrected chi connectivity index (χ3v) is 2.19. The smallest absolute Gasteiger partial charge is 0.434 e. The summed E-state index contributed by atoms with van der Waals surface area (Å²) in [5.74, 6) is 4.55. The van der Waals surface area contributed by atoms with Crippen LogP contribution in [-0.2, 0) is 11.3 Å². The highest BCUT2D eigenvalue weighted by Gasteiger charge is 2.16. The average Bonchev–Trinajstić information content (AvgIpc) is 2.38. The fourth-order valence-corrected chi connectivity index (χ4v) is 1.38. The molecule has 0 saturated heterocycles. The number of carbonyl (C=O) groups is 2. The van der Waals surface area contributed by atoms with E-state index in [1.54, 1.807) is 25.1 Å². The number of amides is 2. The molecule has 0 bridgehead atoms. The quantitative estimate of drug-likeness (QED) is 0.316. The van der Waals surface area contributed by atoms with E-state index in [1.165, 1.54) is 6.07 Å². The van der Waals surface area contributed by atoms with Crippen molar-refractivity contribution in [2.24, 2.45) is 5.84 Å². The van der Waals surface area contributed by atoms with Crippen LogP contribution in [0, 0.1) is 0 Å². The van der Waals surface area contributed by atoms with Gasteiger partial charge in [-0.1, -0.05) is 18.2 Å². The average molecular weight is 253 g/mol. The molecule has 0 aromatic heterocycles. The summed E-state index contributed by atoms with van der Waals surface area (Å²) in [4.78, 5) is 22.7. The Morgan fingerprint density at radius 3 is 2.72 bits per heavy atom. The number of nitrogen functional groups attached to an aromatic ring is 1. The molecule has 7 heteroatoms. The third kappa shape index (κ3) is 3.44. The van der Waals surface area contributed by atoms with Crippen molar-refractivity contribution in [2.75, 3.05) is 6.61 Å². The van der Waals surface area contributed by atoms with Crippen molar-refractivity contribution >= 4 is 12.0 Å². The summed E-state index contributed by atoms with van der Waals surface area (Å²) in [5, 5.41) is 9.87. The summed E-state index contributed by atoms with van der Waals surface area (Å²) >= 11 is 0. The van der Waals surface area contributed by atoms with E-state index in [0.717, 1.165) is 0 Å². The molecular weight excluding hydrogens is 238 g/mol. The van der Waals surface area contributed by atoms with Crippen LogP contribution >= 0.6 is 0 Å². The van der Waals surface area contributed by atoms with Crippen LogP contribution in [0.5, 0.6) is 0 Å². The van der Waals surface area contributed by atoms with Crippen LogP contribution in [-0.4, -0.2) is 28.9 Å². The van der Waals surface area contributed by atoms with Crippen LogP contribution in [0.2, 0.25) is 0 Å². The van der Waals surface area contributed by atoms with Gasteiger partial charge in [0.05, 0.1) is 13.2 Å². The fraction of sp³-hybridized carbons (Fsp3) is 0.273. The highest BCUT2D eigenvalue weighted by molar-refractivity contribution is 5.95. The van der Waals surface area contributed by atoms with E-state index in [1.807, 2.05) is 5.43 Å². The van der Waals surface area contributed by atoms with Gasteiger partial charge in [-0.05, 0) is 18.6 Å². The van der Waals surface area contributed by atoms with Gasteiger partial charge < -0.3 is 4.74 Å². The minimum atomic E-state index is -0.875. The molecule has 0 aliphatic rings. The van der Waals surface area contributed by atoms with Gasteiger partial charge in [-0.2, -0.15) is 5.06 Å². The molecule has 4 N–H and O–H groups in total. The topological polar surface area (TPSA) is 105 Å². The Bertz CT molecular complexity index is 436. The maximum absolute atomic E-state index is 11.5. The molecule has 0 fully saturated rings. The second-order valence-corrected chi connectivity index (χ2v) is 3.39. The Balaban J connectivity index is 2.84. The fourth-order valence-electron chi connectivity index (χ4n) is 1.38. The number of hydroxylamine groups is 2. The molecule has 0 spiro atoms. The second kappa shape index (κ2) is 6.58. The second-order valence-electron chi connectivity index (χ2n) is 3.39. The van der Waals surface area contributed by atoms with Crippen molar-refractivity contribution in [3.05, 3.63) is 35.4 Å². The lowest BCUT2D eigenvalue weighted by Crippen LogP contribution is -2.32. The van der Waals surface area contributed by atoms with Gasteiger partial charge >= 0.3 is 6.09 Å². The molecule has 98 valence electrons. The van der Waals surface area contributed by atoms with Gasteiger partial charge in [0.2, 0.25) is 0 Å². The van der Waals surface area contributed by atoms with Crippen LogP contribution in [0.15, 0.2) is 24.3 Å². The van der Waals surface area contributed by atoms with Gasteiger partial charge in [-0.25, -0.2) is 10.6 Å². The lowest BCUT2D eigenvalue weighted by Gasteiger charge is -2.16. The minimum absolute atomic E-state index is 0.154. The molecule has 0 atom stereocenters. The Labute approximate surface area is 104 Å². The zero-order chi connectivity index (χ0) is 13.5. The third-order valence-electron chi connectivity index (χ3n) is 2.19. The Kier molecular flexibility index (Phi) is 5.09. The first-order chi connectivity index (χ1) is 8.60. The van der Waals surface area contributed by atoms with Crippen LogP contribution in [0.3, 0.4) is 0 Å². The van der Waals surface area contributed by atoms with Crippen LogP contribution in [0.1, 0.15) is 22.8 Å². The summed E-state index contributed by atoms with van der Waals surface area (Å²) in [6.07, 6.45) is -0.875. The molecule has 0 saturated carbocycles. The van der Waals surface area contributed by atoms with Crippen molar-refractivity contribution in [3.63, 3.8) is 0 Å². The van der Waals surface area contributed by atoms with Crippen LogP contribution in [0.25, 0.3) is 0 Å². The molecule has 0 aliphatic carbocycles. The van der Waals surface area contributed by atoms with Gasteiger partial charge in [0, 0.05) is 5.56 Å². The van der Waals surface area contributed by atoms with Gasteiger partial charge in [-0.3, -0.25) is 15.4 Å². The number of nitrogens with two attached hydrogens (primary N) is 1. The molecule has 18 heavy (non-hydrogen) atoms. The predicted molar refractivity (Wildman–Crippen MR) is 62.4 cm³/mol. The van der Waals surface area contributed by atoms with Crippen molar-refractivity contribution < 1.29 is 19.5 Å². The number of hydrogen-bond acceptors (Lipinski definition) is 5. The van der Waals surface area contributed by atoms with Gasteiger partial charge in [0.25, 0.3) is 5.91 Å². The number of nitrogens with one attached hydrogen (secondary N) is 1. The van der Waals surface area contributed by atoms with Crippen molar-refractivity contribution in [3.8, 4) is 0 Å². The molecule has 1 aromatic rings. The highest BCUT2D eigenvalue weighted by atomic mass is 16.6. The molecule has 1 aromatic carbocycles. The molecule has 0 radical (unpaired) electrons. The van der Waals surface area contributed by atoms with Crippen LogP contribution in [0.4, 0.5) is 4.79 Å². The van der Waals surface area contributed by atoms with Gasteiger partial charge in [0.15, 0.2) is 0 Å². The van der Waals surface area contributed by atoms with E-state index in [0.29, 0.717) is 10.6 Å². The maximum Gasteiger partial charge on any atom is 0.434 e. The maximum atomic E-state index is 11.5. The van der Waals surface area contributed by atoms with E-state index in [4.69, 9.17) is 5.84 Å². The zero-order valence-electron chi connectivity index (χ0n) is 9.92. The lowest BCUT2D eigenvalue weighted by molar-refractivity contribution is -0.0801. The van der Waals surface area contributed by atoms with Gasteiger partial charge in [-0.15, -0.1) is 0 Å². The Morgan fingerprint density at radius 2 is 2.11 bits per heavy atom. The van der Waals surface area contributed by atoms with E-state index in [9.17, 15) is 14.8 Å². The first kappa shape index (κ1) is 13.9. The molecule has 7 nitrogen and oxygen atoms in total. The number of rotatable bonds is 4. The highest BCUT2D eigenvalue weighted by Crippen LogP contribution is 2.11. The molecule has 0 heterocycles. The van der Waals surface area contributed by atoms with Crippen LogP contribution < -0.4 is 11.3 Å². The minimum Gasteiger partial charge on any atom is -0.448 e. The van der Waals surface area contributed by atoms with E-state index in [2.05, 4.69) is 4.74 Å². The number of carbonyl (C=O) groups excluding carboxylic acids is 2. The number of ether oxygens (including phenoxy) is 1. The molecule has 2 amide bonds. The zero-order valence-corrected chi connectivity index (χ0v) is 9.92. The van der Waals surface area contributed by atoms with E-state index < -0.39 is 12.0 Å². The largest absolute Gasteiger partial charge is 0.448 e.